The Labute approximate surface area is 201 Å². The van der Waals surface area contributed by atoms with E-state index in [9.17, 15) is 14.4 Å². The third-order valence-corrected chi connectivity index (χ3v) is 7.34. The fourth-order valence-corrected chi connectivity index (χ4v) is 5.52. The predicted octanol–water partition coefficient (Wildman–Crippen LogP) is 3.58. The summed E-state index contributed by atoms with van der Waals surface area (Å²) in [6.07, 6.45) is -0.762. The highest BCUT2D eigenvalue weighted by molar-refractivity contribution is 6.60. The van der Waals surface area contributed by atoms with Crippen molar-refractivity contribution in [3.63, 3.8) is 0 Å². The van der Waals surface area contributed by atoms with Gasteiger partial charge in [0, 0.05) is 38.1 Å². The number of carbonyl (C=O) groups excluding carboxylic acids is 3. The number of esters is 1. The van der Waals surface area contributed by atoms with Crippen molar-refractivity contribution >= 4 is 32.6 Å². The molecule has 34 heavy (non-hydrogen) atoms. The first kappa shape index (κ1) is 29.4. The van der Waals surface area contributed by atoms with Crippen LogP contribution in [0.2, 0.25) is 6.04 Å². The Hall–Kier alpha value is -2.67. The minimum Gasteiger partial charge on any atom is -0.462 e. The van der Waals surface area contributed by atoms with Crippen molar-refractivity contribution in [2.24, 2.45) is 0 Å². The number of carbonyl (C=O) groups is 3. The molecule has 0 aliphatic rings. The molecule has 0 spiro atoms. The lowest BCUT2D eigenvalue weighted by Gasteiger charge is -2.28. The molecule has 11 nitrogen and oxygen atoms in total. The number of ether oxygens (including phenoxy) is 3. The second-order valence-corrected chi connectivity index (χ2v) is 9.44. The van der Waals surface area contributed by atoms with Crippen LogP contribution < -0.4 is 10.6 Å². The van der Waals surface area contributed by atoms with Crippen LogP contribution in [0.15, 0.2) is 24.3 Å². The summed E-state index contributed by atoms with van der Waals surface area (Å²) in [5, 5.41) is 5.13. The Bertz CT molecular complexity index is 747. The molecule has 0 aliphatic heterocycles. The van der Waals surface area contributed by atoms with Crippen LogP contribution in [0.5, 0.6) is 0 Å². The molecule has 0 atom stereocenters. The van der Waals surface area contributed by atoms with Gasteiger partial charge in [-0.15, -0.1) is 0 Å². The maximum atomic E-state index is 11.9. The largest absolute Gasteiger partial charge is 0.500 e. The molecule has 0 aromatic heterocycles. The fourth-order valence-electron chi connectivity index (χ4n) is 2.91. The molecule has 1 aromatic carbocycles. The fraction of sp³-hybridized carbons (Fsp3) is 0.591. The van der Waals surface area contributed by atoms with E-state index in [1.165, 1.54) is 6.07 Å². The summed E-state index contributed by atoms with van der Waals surface area (Å²) in [4.78, 5) is 35.5. The first-order valence-electron chi connectivity index (χ1n) is 11.4. The smallest absolute Gasteiger partial charge is 0.462 e. The molecule has 0 saturated carbocycles. The zero-order chi connectivity index (χ0) is 25.2. The van der Waals surface area contributed by atoms with E-state index in [2.05, 4.69) is 10.6 Å². The molecule has 12 heteroatoms. The molecule has 0 saturated heterocycles. The minimum absolute atomic E-state index is 0.113. The second kappa shape index (κ2) is 16.9. The van der Waals surface area contributed by atoms with E-state index in [1.807, 2.05) is 20.8 Å². The molecular weight excluding hydrogens is 464 g/mol. The van der Waals surface area contributed by atoms with Crippen molar-refractivity contribution < 1.29 is 41.9 Å². The third-order valence-electron chi connectivity index (χ3n) is 4.19. The van der Waals surface area contributed by atoms with Gasteiger partial charge >= 0.3 is 27.0 Å². The molecule has 0 aliphatic carbocycles. The Morgan fingerprint density at radius 3 is 2.03 bits per heavy atom. The third kappa shape index (κ3) is 11.5. The Kier molecular flexibility index (Phi) is 14.6. The van der Waals surface area contributed by atoms with E-state index in [4.69, 9.17) is 27.5 Å². The summed E-state index contributed by atoms with van der Waals surface area (Å²) in [5.41, 5.74) is 0.684. The zero-order valence-corrected chi connectivity index (χ0v) is 21.3. The molecule has 192 valence electrons. The van der Waals surface area contributed by atoms with Gasteiger partial charge in [0.2, 0.25) is 0 Å². The van der Waals surface area contributed by atoms with Crippen molar-refractivity contribution in [3.8, 4) is 0 Å². The monoisotopic (exact) mass is 500 g/mol. The van der Waals surface area contributed by atoms with E-state index >= 15 is 0 Å². The molecule has 2 amide bonds. The minimum atomic E-state index is -2.74. The van der Waals surface area contributed by atoms with Gasteiger partial charge in [-0.05, 0) is 52.3 Å². The number of hydrogen-bond donors (Lipinski definition) is 2. The number of rotatable bonds is 16. The Morgan fingerprint density at radius 1 is 0.824 bits per heavy atom. The topological polar surface area (TPSA) is 131 Å². The van der Waals surface area contributed by atoms with Gasteiger partial charge in [-0.25, -0.2) is 14.4 Å². The van der Waals surface area contributed by atoms with Gasteiger partial charge in [-0.1, -0.05) is 6.07 Å². The van der Waals surface area contributed by atoms with E-state index in [-0.39, 0.29) is 19.8 Å². The quantitative estimate of drug-likeness (QED) is 0.151. The molecule has 0 radical (unpaired) electrons. The van der Waals surface area contributed by atoms with E-state index in [0.717, 1.165) is 0 Å². The first-order valence-corrected chi connectivity index (χ1v) is 13.4. The molecule has 2 N–H and O–H groups in total. The lowest BCUT2D eigenvalue weighted by Crippen LogP contribution is -2.46. The van der Waals surface area contributed by atoms with Crippen LogP contribution in [0, 0.1) is 0 Å². The number of amides is 2. The van der Waals surface area contributed by atoms with Gasteiger partial charge in [0.1, 0.15) is 13.2 Å². The van der Waals surface area contributed by atoms with Gasteiger partial charge in [-0.3, -0.25) is 5.32 Å². The van der Waals surface area contributed by atoms with E-state index < -0.39 is 27.0 Å². The lowest BCUT2D eigenvalue weighted by atomic mass is 10.2. The number of hydrogen-bond acceptors (Lipinski definition) is 9. The maximum absolute atomic E-state index is 11.9. The standard InChI is InChI=1S/C22H36N2O9Si/c1-5-28-20(25)18-11-9-12-19(17-18)24-22(27)30-15-14-29-21(26)23-13-10-16-34(31-6-2,32-7-3)33-8-4/h9,11-12,17H,5-8,10,13-16H2,1-4H3,(H,23,26)(H,24,27). The van der Waals surface area contributed by atoms with Crippen LogP contribution in [-0.4, -0.2) is 73.1 Å². The Morgan fingerprint density at radius 2 is 1.44 bits per heavy atom. The molecule has 0 fully saturated rings. The average molecular weight is 501 g/mol. The summed E-state index contributed by atoms with van der Waals surface area (Å²) < 4.78 is 32.2. The van der Waals surface area contributed by atoms with E-state index in [1.54, 1.807) is 25.1 Å². The van der Waals surface area contributed by atoms with Crippen LogP contribution in [0.4, 0.5) is 15.3 Å². The van der Waals surface area contributed by atoms with Crippen molar-refractivity contribution in [2.75, 3.05) is 51.5 Å². The van der Waals surface area contributed by atoms with Crippen LogP contribution in [0.25, 0.3) is 0 Å². The number of nitrogens with one attached hydrogen (secondary N) is 2. The van der Waals surface area contributed by atoms with Crippen LogP contribution in [-0.2, 0) is 27.5 Å². The summed E-state index contributed by atoms with van der Waals surface area (Å²) in [7, 11) is -2.74. The predicted molar refractivity (Wildman–Crippen MR) is 127 cm³/mol. The van der Waals surface area contributed by atoms with Crippen molar-refractivity contribution in [3.05, 3.63) is 29.8 Å². The number of alkyl carbamates (subject to hydrolysis) is 1. The van der Waals surface area contributed by atoms with Gasteiger partial charge in [0.05, 0.1) is 12.2 Å². The second-order valence-electron chi connectivity index (χ2n) is 6.71. The summed E-state index contributed by atoms with van der Waals surface area (Å²) in [6.45, 7) is 9.21. The lowest BCUT2D eigenvalue weighted by molar-refractivity contribution is 0.0526. The first-order chi connectivity index (χ1) is 16.4. The molecule has 0 heterocycles. The Balaban J connectivity index is 2.28. The highest BCUT2D eigenvalue weighted by Crippen LogP contribution is 2.17. The normalized spacial score (nSPS) is 10.9. The molecular formula is C22H36N2O9Si. The average Bonchev–Trinajstić information content (AvgIpc) is 2.80. The van der Waals surface area contributed by atoms with Gasteiger partial charge in [-0.2, -0.15) is 0 Å². The van der Waals surface area contributed by atoms with Gasteiger partial charge in [0.15, 0.2) is 0 Å². The summed E-state index contributed by atoms with van der Waals surface area (Å²) in [6, 6.07) is 6.84. The summed E-state index contributed by atoms with van der Waals surface area (Å²) >= 11 is 0. The zero-order valence-electron chi connectivity index (χ0n) is 20.3. The van der Waals surface area contributed by atoms with Crippen molar-refractivity contribution in [2.45, 2.75) is 40.2 Å². The molecule has 1 rings (SSSR count). The SMILES string of the molecule is CCOC(=O)c1cccc(NC(=O)OCCOC(=O)NCCC[Si](OCC)(OCC)OCC)c1. The summed E-state index contributed by atoms with van der Waals surface area (Å²) in [5.74, 6) is -0.486. The van der Waals surface area contributed by atoms with E-state index in [0.29, 0.717) is 50.1 Å². The van der Waals surface area contributed by atoms with Gasteiger partial charge < -0.3 is 32.8 Å². The van der Waals surface area contributed by atoms with Gasteiger partial charge in [0.25, 0.3) is 0 Å². The maximum Gasteiger partial charge on any atom is 0.500 e. The molecule has 0 bridgehead atoms. The van der Waals surface area contributed by atoms with Crippen LogP contribution >= 0.6 is 0 Å². The van der Waals surface area contributed by atoms with Crippen LogP contribution in [0.1, 0.15) is 44.5 Å². The number of anilines is 1. The van der Waals surface area contributed by atoms with Crippen molar-refractivity contribution in [1.82, 2.24) is 5.32 Å². The van der Waals surface area contributed by atoms with Crippen LogP contribution in [0.3, 0.4) is 0 Å². The molecule has 1 aromatic rings. The van der Waals surface area contributed by atoms with Crippen molar-refractivity contribution in [1.29, 1.82) is 0 Å². The number of benzene rings is 1. The highest BCUT2D eigenvalue weighted by Gasteiger charge is 2.39. The highest BCUT2D eigenvalue weighted by atomic mass is 28.4. The molecule has 0 unspecified atom stereocenters.